The molecular formula is C8H6F3NO3S. The van der Waals surface area contributed by atoms with Crippen LogP contribution < -0.4 is 0 Å². The maximum atomic E-state index is 12.1. The molecule has 0 bridgehead atoms. The van der Waals surface area contributed by atoms with Gasteiger partial charge in [0.1, 0.15) is 5.69 Å². The number of aromatic nitrogens is 1. The summed E-state index contributed by atoms with van der Waals surface area (Å²) in [7, 11) is -4.29. The fourth-order valence-corrected chi connectivity index (χ4v) is 1.17. The molecule has 0 radical (unpaired) electrons. The van der Waals surface area contributed by atoms with Gasteiger partial charge in [0.05, 0.1) is 5.41 Å². The van der Waals surface area contributed by atoms with Crippen molar-refractivity contribution in [1.29, 1.82) is 0 Å². The lowest BCUT2D eigenvalue weighted by Gasteiger charge is -2.04. The van der Waals surface area contributed by atoms with Gasteiger partial charge in [-0.3, -0.25) is 9.54 Å². The Morgan fingerprint density at radius 1 is 1.31 bits per heavy atom. The highest BCUT2D eigenvalue weighted by atomic mass is 32.2. The average molecular weight is 253 g/mol. The van der Waals surface area contributed by atoms with Crippen LogP contribution in [-0.4, -0.2) is 18.0 Å². The number of rotatable bonds is 2. The van der Waals surface area contributed by atoms with Crippen molar-refractivity contribution in [2.45, 2.75) is 6.18 Å². The van der Waals surface area contributed by atoms with Gasteiger partial charge in [-0.2, -0.15) is 21.6 Å². The Bertz CT molecular complexity index is 490. The van der Waals surface area contributed by atoms with Crippen molar-refractivity contribution in [3.63, 3.8) is 0 Å². The molecule has 0 saturated heterocycles. The predicted octanol–water partition coefficient (Wildman–Crippen LogP) is 1.96. The largest absolute Gasteiger partial charge is 0.433 e. The van der Waals surface area contributed by atoms with Gasteiger partial charge < -0.3 is 0 Å². The lowest BCUT2D eigenvalue weighted by atomic mass is 10.2. The summed E-state index contributed by atoms with van der Waals surface area (Å²) in [6, 6.07) is 1.75. The fourth-order valence-electron chi connectivity index (χ4n) is 0.836. The quantitative estimate of drug-likeness (QED) is 0.818. The number of alkyl halides is 3. The van der Waals surface area contributed by atoms with E-state index in [1.54, 1.807) is 0 Å². The predicted molar refractivity (Wildman–Crippen MR) is 49.8 cm³/mol. The van der Waals surface area contributed by atoms with Gasteiger partial charge in [0.2, 0.25) is 0 Å². The van der Waals surface area contributed by atoms with Gasteiger partial charge in [0.15, 0.2) is 0 Å². The zero-order valence-corrected chi connectivity index (χ0v) is 8.46. The first-order valence-electron chi connectivity index (χ1n) is 3.87. The lowest BCUT2D eigenvalue weighted by molar-refractivity contribution is -0.141. The van der Waals surface area contributed by atoms with Crippen molar-refractivity contribution in [3.05, 3.63) is 35.0 Å². The molecule has 1 aromatic rings. The first-order chi connectivity index (χ1) is 7.18. The van der Waals surface area contributed by atoms with Gasteiger partial charge in [-0.25, -0.2) is 0 Å². The molecule has 0 aromatic carbocycles. The number of hydrogen-bond acceptors (Lipinski definition) is 3. The third-order valence-corrected chi connectivity index (χ3v) is 1.99. The molecule has 1 N–H and O–H groups in total. The van der Waals surface area contributed by atoms with Crippen LogP contribution in [-0.2, 0) is 16.3 Å². The second-order valence-electron chi connectivity index (χ2n) is 2.79. The van der Waals surface area contributed by atoms with E-state index in [0.29, 0.717) is 11.5 Å². The molecule has 1 rings (SSSR count). The van der Waals surface area contributed by atoms with E-state index in [4.69, 9.17) is 4.55 Å². The minimum absolute atomic E-state index is 0.130. The molecule has 0 spiro atoms. The van der Waals surface area contributed by atoms with Crippen LogP contribution in [0.4, 0.5) is 13.2 Å². The van der Waals surface area contributed by atoms with E-state index >= 15 is 0 Å². The van der Waals surface area contributed by atoms with Crippen LogP contribution in [0.25, 0.3) is 6.08 Å². The van der Waals surface area contributed by atoms with Crippen molar-refractivity contribution in [1.82, 2.24) is 4.98 Å². The molecule has 16 heavy (non-hydrogen) atoms. The topological polar surface area (TPSA) is 67.3 Å². The molecular weight excluding hydrogens is 247 g/mol. The molecule has 88 valence electrons. The van der Waals surface area contributed by atoms with E-state index in [1.165, 1.54) is 0 Å². The smallest absolute Gasteiger partial charge is 0.282 e. The van der Waals surface area contributed by atoms with Gasteiger partial charge in [-0.05, 0) is 17.7 Å². The Kier molecular flexibility index (Phi) is 3.34. The average Bonchev–Trinajstić information content (AvgIpc) is 2.13. The summed E-state index contributed by atoms with van der Waals surface area (Å²) in [5.41, 5.74) is -0.942. The molecule has 1 heterocycles. The summed E-state index contributed by atoms with van der Waals surface area (Å²) in [4.78, 5) is 3.10. The van der Waals surface area contributed by atoms with Gasteiger partial charge >= 0.3 is 6.18 Å². The van der Waals surface area contributed by atoms with Gasteiger partial charge in [0.25, 0.3) is 10.1 Å². The second kappa shape index (κ2) is 4.22. The summed E-state index contributed by atoms with van der Waals surface area (Å²) >= 11 is 0. The zero-order chi connectivity index (χ0) is 12.4. The normalized spacial score (nSPS) is 13.2. The Hall–Kier alpha value is -1.41. The molecule has 0 aliphatic rings. The zero-order valence-electron chi connectivity index (χ0n) is 7.64. The summed E-state index contributed by atoms with van der Waals surface area (Å²) in [6.07, 6.45) is -2.75. The Labute approximate surface area is 89.2 Å². The van der Waals surface area contributed by atoms with Crippen LogP contribution in [0.15, 0.2) is 23.7 Å². The second-order valence-corrected chi connectivity index (χ2v) is 4.09. The standard InChI is InChI=1S/C8H6F3NO3S/c9-8(10,11)7-2-1-6(5-12-7)3-4-16(13,14)15/h1-5H,(H,13,14,15). The highest BCUT2D eigenvalue weighted by molar-refractivity contribution is 7.88. The van der Waals surface area contributed by atoms with Crippen molar-refractivity contribution < 1.29 is 26.1 Å². The first kappa shape index (κ1) is 12.7. The molecule has 4 nitrogen and oxygen atoms in total. The summed E-state index contributed by atoms with van der Waals surface area (Å²) in [5, 5.41) is 0.456. The third kappa shape index (κ3) is 3.99. The highest BCUT2D eigenvalue weighted by Crippen LogP contribution is 2.27. The molecule has 0 atom stereocenters. The monoisotopic (exact) mass is 253 g/mol. The van der Waals surface area contributed by atoms with Crippen LogP contribution in [0.5, 0.6) is 0 Å². The summed E-state index contributed by atoms with van der Waals surface area (Å²) in [5.74, 6) is 0. The number of pyridine rings is 1. The summed E-state index contributed by atoms with van der Waals surface area (Å²) < 4.78 is 65.2. The van der Waals surface area contributed by atoms with E-state index in [-0.39, 0.29) is 5.56 Å². The minimum atomic E-state index is -4.54. The van der Waals surface area contributed by atoms with Crippen molar-refractivity contribution in [3.8, 4) is 0 Å². The van der Waals surface area contributed by atoms with Crippen LogP contribution >= 0.6 is 0 Å². The molecule has 0 unspecified atom stereocenters. The Balaban J connectivity index is 2.93. The van der Waals surface area contributed by atoms with Crippen molar-refractivity contribution in [2.75, 3.05) is 0 Å². The number of hydrogen-bond donors (Lipinski definition) is 1. The van der Waals surface area contributed by atoms with Crippen molar-refractivity contribution >= 4 is 16.2 Å². The van der Waals surface area contributed by atoms with E-state index < -0.39 is 22.0 Å². The van der Waals surface area contributed by atoms with Crippen molar-refractivity contribution in [2.24, 2.45) is 0 Å². The van der Waals surface area contributed by atoms with Crippen LogP contribution in [0, 0.1) is 0 Å². The lowest BCUT2D eigenvalue weighted by Crippen LogP contribution is -2.07. The molecule has 1 aromatic heterocycles. The Morgan fingerprint density at radius 3 is 2.31 bits per heavy atom. The Morgan fingerprint density at radius 2 is 1.94 bits per heavy atom. The third-order valence-electron chi connectivity index (χ3n) is 1.51. The molecule has 0 aliphatic heterocycles. The van der Waals surface area contributed by atoms with E-state index in [0.717, 1.165) is 18.3 Å². The number of nitrogens with zero attached hydrogens (tertiary/aromatic N) is 1. The van der Waals surface area contributed by atoms with E-state index in [9.17, 15) is 21.6 Å². The van der Waals surface area contributed by atoms with E-state index in [2.05, 4.69) is 4.98 Å². The highest BCUT2D eigenvalue weighted by Gasteiger charge is 2.31. The number of halogens is 3. The fraction of sp³-hybridized carbons (Fsp3) is 0.125. The molecule has 0 fully saturated rings. The van der Waals surface area contributed by atoms with Gasteiger partial charge in [-0.15, -0.1) is 0 Å². The van der Waals surface area contributed by atoms with E-state index in [1.807, 2.05) is 0 Å². The molecule has 0 amide bonds. The maximum Gasteiger partial charge on any atom is 0.433 e. The SMILES string of the molecule is O=S(=O)(O)C=Cc1ccc(C(F)(F)F)nc1. The van der Waals surface area contributed by atoms with Gasteiger partial charge in [0, 0.05) is 6.20 Å². The summed E-state index contributed by atoms with van der Waals surface area (Å²) in [6.45, 7) is 0. The first-order valence-corrected chi connectivity index (χ1v) is 5.37. The maximum absolute atomic E-state index is 12.1. The molecule has 8 heteroatoms. The molecule has 0 saturated carbocycles. The van der Waals surface area contributed by atoms with Crippen LogP contribution in [0.2, 0.25) is 0 Å². The van der Waals surface area contributed by atoms with Gasteiger partial charge in [-0.1, -0.05) is 6.07 Å². The van der Waals surface area contributed by atoms with Crippen LogP contribution in [0.1, 0.15) is 11.3 Å². The molecule has 0 aliphatic carbocycles. The van der Waals surface area contributed by atoms with Crippen LogP contribution in [0.3, 0.4) is 0 Å². The minimum Gasteiger partial charge on any atom is -0.282 e.